The highest BCUT2D eigenvalue weighted by Gasteiger charge is 2.27. The van der Waals surface area contributed by atoms with Gasteiger partial charge in [0.1, 0.15) is 0 Å². The van der Waals surface area contributed by atoms with Crippen LogP contribution in [0.3, 0.4) is 0 Å². The van der Waals surface area contributed by atoms with E-state index < -0.39 is 0 Å². The monoisotopic (exact) mass is 209 g/mol. The first-order valence-corrected chi connectivity index (χ1v) is 5.48. The number of nitrogens with zero attached hydrogens (tertiary/aromatic N) is 1. The van der Waals surface area contributed by atoms with Crippen LogP contribution >= 0.6 is 0 Å². The van der Waals surface area contributed by atoms with Crippen molar-refractivity contribution in [3.63, 3.8) is 0 Å². The molecular weight excluding hydrogens is 190 g/mol. The minimum Gasteiger partial charge on any atom is -0.449 e. The first-order chi connectivity index (χ1) is 7.13. The topological polar surface area (TPSA) is 29.5 Å². The molecule has 0 unspecified atom stereocenters. The van der Waals surface area contributed by atoms with Gasteiger partial charge in [0, 0.05) is 6.54 Å². The minimum atomic E-state index is -0.270. The number of amides is 1. The lowest BCUT2D eigenvalue weighted by atomic mass is 10.2. The van der Waals surface area contributed by atoms with Crippen molar-refractivity contribution in [2.24, 2.45) is 11.8 Å². The number of rotatable bonds is 5. The Balaban J connectivity index is 2.32. The standard InChI is InChI=1S/C12H19NO2/c1-4-7-13(8-11-5-6-11)12(14)15-9-10(2)3/h1,10-11H,5-9H2,2-3H3. The summed E-state index contributed by atoms with van der Waals surface area (Å²) < 4.78 is 5.14. The van der Waals surface area contributed by atoms with Gasteiger partial charge in [0.2, 0.25) is 0 Å². The highest BCUT2D eigenvalue weighted by atomic mass is 16.6. The quantitative estimate of drug-likeness (QED) is 0.649. The number of ether oxygens (including phenoxy) is 1. The number of carbonyl (C=O) groups excluding carboxylic acids is 1. The summed E-state index contributed by atoms with van der Waals surface area (Å²) in [5, 5.41) is 0. The highest BCUT2D eigenvalue weighted by Crippen LogP contribution is 2.29. The van der Waals surface area contributed by atoms with E-state index in [-0.39, 0.29) is 6.09 Å². The van der Waals surface area contributed by atoms with Gasteiger partial charge in [-0.3, -0.25) is 4.90 Å². The van der Waals surface area contributed by atoms with Crippen LogP contribution in [0.15, 0.2) is 0 Å². The van der Waals surface area contributed by atoms with Crippen LogP contribution in [0.4, 0.5) is 4.79 Å². The molecule has 3 nitrogen and oxygen atoms in total. The summed E-state index contributed by atoms with van der Waals surface area (Å²) in [4.78, 5) is 13.2. The fourth-order valence-electron chi connectivity index (χ4n) is 1.26. The molecule has 1 amide bonds. The molecule has 0 aromatic carbocycles. The first-order valence-electron chi connectivity index (χ1n) is 5.48. The zero-order chi connectivity index (χ0) is 11.3. The molecule has 0 N–H and O–H groups in total. The van der Waals surface area contributed by atoms with Crippen LogP contribution in [0, 0.1) is 24.2 Å². The molecule has 0 bridgehead atoms. The summed E-state index contributed by atoms with van der Waals surface area (Å²) in [7, 11) is 0. The molecular formula is C12H19NO2. The lowest BCUT2D eigenvalue weighted by Gasteiger charge is -2.20. The molecule has 1 aliphatic carbocycles. The smallest absolute Gasteiger partial charge is 0.410 e. The molecule has 0 aromatic heterocycles. The van der Waals surface area contributed by atoms with Crippen molar-refractivity contribution in [2.75, 3.05) is 19.7 Å². The Morgan fingerprint density at radius 3 is 2.73 bits per heavy atom. The normalized spacial score (nSPS) is 14.8. The summed E-state index contributed by atoms with van der Waals surface area (Å²) in [6, 6.07) is 0. The zero-order valence-corrected chi connectivity index (χ0v) is 9.53. The summed E-state index contributed by atoms with van der Waals surface area (Å²) >= 11 is 0. The van der Waals surface area contributed by atoms with E-state index in [1.165, 1.54) is 12.8 Å². The third-order valence-electron chi connectivity index (χ3n) is 2.26. The molecule has 0 atom stereocenters. The highest BCUT2D eigenvalue weighted by molar-refractivity contribution is 5.68. The van der Waals surface area contributed by atoms with Crippen molar-refractivity contribution >= 4 is 6.09 Å². The van der Waals surface area contributed by atoms with Gasteiger partial charge >= 0.3 is 6.09 Å². The van der Waals surface area contributed by atoms with Crippen molar-refractivity contribution in [2.45, 2.75) is 26.7 Å². The van der Waals surface area contributed by atoms with Crippen LogP contribution in [-0.4, -0.2) is 30.7 Å². The van der Waals surface area contributed by atoms with E-state index in [9.17, 15) is 4.79 Å². The summed E-state index contributed by atoms with van der Waals surface area (Å²) in [5.74, 6) is 3.50. The van der Waals surface area contributed by atoms with Gasteiger partial charge in [-0.15, -0.1) is 6.42 Å². The average molecular weight is 209 g/mol. The molecule has 0 saturated heterocycles. The molecule has 1 saturated carbocycles. The second-order valence-electron chi connectivity index (χ2n) is 4.50. The van der Waals surface area contributed by atoms with Crippen LogP contribution in [0.25, 0.3) is 0 Å². The van der Waals surface area contributed by atoms with Gasteiger partial charge in [-0.2, -0.15) is 0 Å². The van der Waals surface area contributed by atoms with Crippen LogP contribution in [0.2, 0.25) is 0 Å². The van der Waals surface area contributed by atoms with Crippen LogP contribution in [-0.2, 0) is 4.74 Å². The number of hydrogen-bond donors (Lipinski definition) is 0. The van der Waals surface area contributed by atoms with Gasteiger partial charge in [-0.1, -0.05) is 19.8 Å². The molecule has 15 heavy (non-hydrogen) atoms. The van der Waals surface area contributed by atoms with Crippen molar-refractivity contribution in [3.05, 3.63) is 0 Å². The van der Waals surface area contributed by atoms with Gasteiger partial charge in [0.05, 0.1) is 13.2 Å². The molecule has 1 rings (SSSR count). The molecule has 0 heterocycles. The molecule has 84 valence electrons. The Kier molecular flexibility index (Phi) is 4.48. The van der Waals surface area contributed by atoms with Gasteiger partial charge in [0.25, 0.3) is 0 Å². The van der Waals surface area contributed by atoms with Crippen molar-refractivity contribution in [3.8, 4) is 12.3 Å². The predicted molar refractivity (Wildman–Crippen MR) is 59.3 cm³/mol. The second-order valence-corrected chi connectivity index (χ2v) is 4.50. The summed E-state index contributed by atoms with van der Waals surface area (Å²) in [6.07, 6.45) is 7.36. The fraction of sp³-hybridized carbons (Fsp3) is 0.750. The third-order valence-corrected chi connectivity index (χ3v) is 2.26. The van der Waals surface area contributed by atoms with Gasteiger partial charge in [-0.05, 0) is 24.7 Å². The number of carbonyl (C=O) groups is 1. The maximum Gasteiger partial charge on any atom is 0.410 e. The van der Waals surface area contributed by atoms with Crippen molar-refractivity contribution in [1.29, 1.82) is 0 Å². The lowest BCUT2D eigenvalue weighted by molar-refractivity contribution is 0.0948. The zero-order valence-electron chi connectivity index (χ0n) is 9.53. The number of terminal acetylenes is 1. The maximum absolute atomic E-state index is 11.6. The van der Waals surface area contributed by atoms with E-state index in [1.54, 1.807) is 4.90 Å². The molecule has 1 aliphatic rings. The van der Waals surface area contributed by atoms with E-state index in [4.69, 9.17) is 11.2 Å². The Morgan fingerprint density at radius 2 is 2.27 bits per heavy atom. The number of hydrogen-bond acceptors (Lipinski definition) is 2. The Hall–Kier alpha value is -1.17. The minimum absolute atomic E-state index is 0.270. The Morgan fingerprint density at radius 1 is 1.60 bits per heavy atom. The second kappa shape index (κ2) is 5.65. The van der Waals surface area contributed by atoms with Crippen molar-refractivity contribution < 1.29 is 9.53 Å². The van der Waals surface area contributed by atoms with Gasteiger partial charge < -0.3 is 4.74 Å². The Bertz CT molecular complexity index is 251. The maximum atomic E-state index is 11.6. The van der Waals surface area contributed by atoms with Crippen LogP contribution < -0.4 is 0 Å². The Labute approximate surface area is 91.8 Å². The molecule has 0 aromatic rings. The molecule has 0 radical (unpaired) electrons. The van der Waals surface area contributed by atoms with E-state index >= 15 is 0 Å². The van der Waals surface area contributed by atoms with Crippen molar-refractivity contribution in [1.82, 2.24) is 4.90 Å². The van der Waals surface area contributed by atoms with Crippen LogP contribution in [0.5, 0.6) is 0 Å². The third kappa shape index (κ3) is 4.73. The predicted octanol–water partition coefficient (Wildman–Crippen LogP) is 2.12. The molecule has 0 spiro atoms. The van der Waals surface area contributed by atoms with Gasteiger partial charge in [-0.25, -0.2) is 4.79 Å². The van der Waals surface area contributed by atoms with E-state index in [1.807, 2.05) is 13.8 Å². The summed E-state index contributed by atoms with van der Waals surface area (Å²) in [5.41, 5.74) is 0. The largest absolute Gasteiger partial charge is 0.449 e. The molecule has 0 aliphatic heterocycles. The van der Waals surface area contributed by atoms with E-state index in [0.717, 1.165) is 6.54 Å². The molecule has 1 fully saturated rings. The SMILES string of the molecule is C#CCN(CC1CC1)C(=O)OCC(C)C. The van der Waals surface area contributed by atoms with E-state index in [0.29, 0.717) is 25.0 Å². The lowest BCUT2D eigenvalue weighted by Crippen LogP contribution is -2.34. The molecule has 3 heteroatoms. The van der Waals surface area contributed by atoms with E-state index in [2.05, 4.69) is 5.92 Å². The van der Waals surface area contributed by atoms with Gasteiger partial charge in [0.15, 0.2) is 0 Å². The van der Waals surface area contributed by atoms with Crippen LogP contribution in [0.1, 0.15) is 26.7 Å². The first kappa shape index (κ1) is 11.9. The fourth-order valence-corrected chi connectivity index (χ4v) is 1.26. The summed E-state index contributed by atoms with van der Waals surface area (Å²) in [6.45, 7) is 5.60. The average Bonchev–Trinajstić information content (AvgIpc) is 2.97.